The average Bonchev–Trinajstić information content (AvgIpc) is 2.84. The van der Waals surface area contributed by atoms with Crippen molar-refractivity contribution in [3.63, 3.8) is 0 Å². The van der Waals surface area contributed by atoms with Crippen molar-refractivity contribution in [2.24, 2.45) is 10.2 Å². The largest absolute Gasteiger partial charge is 0.506 e. The van der Waals surface area contributed by atoms with Gasteiger partial charge in [0.15, 0.2) is 0 Å². The Bertz CT molecular complexity index is 1480. The molecule has 0 radical (unpaired) electrons. The molecule has 0 spiro atoms. The number of hydrogen-bond acceptors (Lipinski definition) is 6. The maximum Gasteiger partial charge on any atom is 0.335 e. The first-order valence-corrected chi connectivity index (χ1v) is 10.9. The minimum absolute atomic E-state index is 0.0165. The lowest BCUT2D eigenvalue weighted by atomic mass is 10.0. The van der Waals surface area contributed by atoms with Crippen LogP contribution in [0.4, 0.5) is 22.7 Å². The fourth-order valence-electron chi connectivity index (χ4n) is 3.59. The van der Waals surface area contributed by atoms with Crippen LogP contribution in [0, 0.1) is 0 Å². The van der Waals surface area contributed by atoms with Crippen LogP contribution in [0.3, 0.4) is 0 Å². The zero-order chi connectivity index (χ0) is 25.1. The minimum atomic E-state index is -1.12. The Hall–Kier alpha value is -4.43. The lowest BCUT2D eigenvalue weighted by molar-refractivity contribution is 0.0696. The summed E-state index contributed by atoms with van der Waals surface area (Å²) < 4.78 is 0. The van der Waals surface area contributed by atoms with Crippen molar-refractivity contribution in [2.45, 2.75) is 0 Å². The number of phenols is 1. The van der Waals surface area contributed by atoms with Gasteiger partial charge < -0.3 is 20.4 Å². The molecule has 0 aliphatic rings. The second-order valence-corrected chi connectivity index (χ2v) is 8.28. The summed E-state index contributed by atoms with van der Waals surface area (Å²) in [5.41, 5.74) is 1.67. The summed E-state index contributed by atoms with van der Waals surface area (Å²) in [5, 5.41) is 33.0. The van der Waals surface area contributed by atoms with Gasteiger partial charge in [-0.2, -0.15) is 0 Å². The molecule has 8 nitrogen and oxygen atoms in total. The van der Waals surface area contributed by atoms with E-state index in [0.717, 1.165) is 0 Å². The molecule has 4 aromatic rings. The SMILES string of the molecule is CN(C)c1ccc(C(=O)O)cc1NC(=O)c1cc(N=Nc2ccccc2Cl)c2ccccc2c1O. The van der Waals surface area contributed by atoms with Crippen molar-refractivity contribution >= 4 is 57.0 Å². The Morgan fingerprint density at radius 2 is 1.54 bits per heavy atom. The number of fused-ring (bicyclic) bond motifs is 1. The number of halogens is 1. The zero-order valence-electron chi connectivity index (χ0n) is 18.9. The third-order valence-electron chi connectivity index (χ3n) is 5.33. The number of amides is 1. The molecular weight excluding hydrogens is 468 g/mol. The van der Waals surface area contributed by atoms with Crippen LogP contribution in [0.15, 0.2) is 83.0 Å². The normalized spacial score (nSPS) is 11.1. The molecule has 176 valence electrons. The number of nitrogens with one attached hydrogen (secondary N) is 1. The molecule has 0 saturated heterocycles. The van der Waals surface area contributed by atoms with E-state index in [9.17, 15) is 19.8 Å². The number of aromatic carboxylic acids is 1. The van der Waals surface area contributed by atoms with E-state index >= 15 is 0 Å². The predicted molar refractivity (Wildman–Crippen MR) is 137 cm³/mol. The molecular formula is C26H21ClN4O4. The highest BCUT2D eigenvalue weighted by molar-refractivity contribution is 6.32. The summed E-state index contributed by atoms with van der Waals surface area (Å²) in [4.78, 5) is 26.5. The Balaban J connectivity index is 1.79. The van der Waals surface area contributed by atoms with E-state index in [0.29, 0.717) is 32.9 Å². The van der Waals surface area contributed by atoms with Gasteiger partial charge in [0.25, 0.3) is 5.91 Å². The molecule has 9 heteroatoms. The number of carboxylic acids is 1. The van der Waals surface area contributed by atoms with Crippen LogP contribution in [-0.2, 0) is 0 Å². The second-order valence-electron chi connectivity index (χ2n) is 7.87. The summed E-state index contributed by atoms with van der Waals surface area (Å²) in [6.45, 7) is 0. The number of hydrogen-bond donors (Lipinski definition) is 3. The highest BCUT2D eigenvalue weighted by atomic mass is 35.5. The number of azo groups is 1. The van der Waals surface area contributed by atoms with E-state index in [-0.39, 0.29) is 22.6 Å². The van der Waals surface area contributed by atoms with Crippen LogP contribution >= 0.6 is 11.6 Å². The van der Waals surface area contributed by atoms with Gasteiger partial charge in [0.1, 0.15) is 11.4 Å². The number of aromatic hydroxyl groups is 1. The molecule has 4 aromatic carbocycles. The summed E-state index contributed by atoms with van der Waals surface area (Å²) in [6.07, 6.45) is 0. The molecule has 0 bridgehead atoms. The molecule has 3 N–H and O–H groups in total. The van der Waals surface area contributed by atoms with Gasteiger partial charge in [0.2, 0.25) is 0 Å². The Morgan fingerprint density at radius 1 is 0.886 bits per heavy atom. The fourth-order valence-corrected chi connectivity index (χ4v) is 3.76. The number of benzene rings is 4. The van der Waals surface area contributed by atoms with Gasteiger partial charge in [0, 0.05) is 24.9 Å². The highest BCUT2D eigenvalue weighted by Gasteiger charge is 2.20. The summed E-state index contributed by atoms with van der Waals surface area (Å²) >= 11 is 6.18. The van der Waals surface area contributed by atoms with Crippen molar-refractivity contribution < 1.29 is 19.8 Å². The highest BCUT2D eigenvalue weighted by Crippen LogP contribution is 2.38. The number of anilines is 2. The Kier molecular flexibility index (Phi) is 6.66. The molecule has 35 heavy (non-hydrogen) atoms. The first kappa shape index (κ1) is 23.7. The van der Waals surface area contributed by atoms with Crippen LogP contribution in [0.1, 0.15) is 20.7 Å². The van der Waals surface area contributed by atoms with Crippen LogP contribution < -0.4 is 10.2 Å². The molecule has 0 aromatic heterocycles. The molecule has 4 rings (SSSR count). The van der Waals surface area contributed by atoms with E-state index < -0.39 is 11.9 Å². The van der Waals surface area contributed by atoms with Gasteiger partial charge in [-0.15, -0.1) is 10.2 Å². The van der Waals surface area contributed by atoms with Gasteiger partial charge in [-0.1, -0.05) is 48.0 Å². The molecule has 1 amide bonds. The first-order valence-electron chi connectivity index (χ1n) is 10.5. The second kappa shape index (κ2) is 9.82. The monoisotopic (exact) mass is 488 g/mol. The van der Waals surface area contributed by atoms with E-state index in [1.165, 1.54) is 18.2 Å². The smallest absolute Gasteiger partial charge is 0.335 e. The van der Waals surface area contributed by atoms with Crippen LogP contribution in [-0.4, -0.2) is 36.2 Å². The quantitative estimate of drug-likeness (QED) is 0.263. The molecule has 0 aliphatic heterocycles. The Morgan fingerprint density at radius 3 is 2.23 bits per heavy atom. The van der Waals surface area contributed by atoms with E-state index in [1.807, 2.05) is 0 Å². The van der Waals surface area contributed by atoms with Crippen LogP contribution in [0.25, 0.3) is 10.8 Å². The molecule has 0 aliphatic carbocycles. The van der Waals surface area contributed by atoms with Crippen molar-refractivity contribution in [3.05, 3.63) is 88.9 Å². The van der Waals surface area contributed by atoms with Crippen molar-refractivity contribution in [1.82, 2.24) is 0 Å². The van der Waals surface area contributed by atoms with Crippen LogP contribution in [0.2, 0.25) is 5.02 Å². The maximum atomic E-state index is 13.3. The number of nitrogens with zero attached hydrogens (tertiary/aromatic N) is 3. The topological polar surface area (TPSA) is 115 Å². The van der Waals surface area contributed by atoms with Gasteiger partial charge in [0.05, 0.1) is 33.2 Å². The lowest BCUT2D eigenvalue weighted by Gasteiger charge is -2.19. The first-order chi connectivity index (χ1) is 16.8. The number of carbonyl (C=O) groups is 2. The van der Waals surface area contributed by atoms with E-state index in [4.69, 9.17) is 11.6 Å². The lowest BCUT2D eigenvalue weighted by Crippen LogP contribution is -2.17. The van der Waals surface area contributed by atoms with Crippen LogP contribution in [0.5, 0.6) is 5.75 Å². The van der Waals surface area contributed by atoms with Gasteiger partial charge in [-0.25, -0.2) is 4.79 Å². The van der Waals surface area contributed by atoms with Gasteiger partial charge in [-0.3, -0.25) is 4.79 Å². The number of phenolic OH excluding ortho intramolecular Hbond substituents is 1. The molecule has 0 atom stereocenters. The van der Waals surface area contributed by atoms with Gasteiger partial charge in [-0.05, 0) is 36.4 Å². The minimum Gasteiger partial charge on any atom is -0.506 e. The summed E-state index contributed by atoms with van der Waals surface area (Å²) in [5.74, 6) is -1.98. The zero-order valence-corrected chi connectivity index (χ0v) is 19.6. The Labute approximate surface area is 206 Å². The molecule has 0 heterocycles. The third kappa shape index (κ3) is 4.92. The van der Waals surface area contributed by atoms with E-state index in [1.54, 1.807) is 73.6 Å². The number of rotatable bonds is 6. The average molecular weight is 489 g/mol. The number of carboxylic acid groups (broad SMARTS) is 1. The number of carbonyl (C=O) groups excluding carboxylic acids is 1. The van der Waals surface area contributed by atoms with Gasteiger partial charge >= 0.3 is 5.97 Å². The molecule has 0 fully saturated rings. The fraction of sp³-hybridized carbons (Fsp3) is 0.0769. The van der Waals surface area contributed by atoms with E-state index in [2.05, 4.69) is 15.5 Å². The standard InChI is InChI=1S/C26H21ClN4O4/c1-31(2)23-12-11-15(26(34)35)13-22(23)28-25(33)18-14-21(16-7-3-4-8-17(16)24(18)32)30-29-20-10-6-5-9-19(20)27/h3-14,32H,1-2H3,(H,28,33)(H,34,35). The van der Waals surface area contributed by atoms with Crippen molar-refractivity contribution in [2.75, 3.05) is 24.3 Å². The summed E-state index contributed by atoms with van der Waals surface area (Å²) in [6, 6.07) is 19.8. The predicted octanol–water partition coefficient (Wildman–Crippen LogP) is 6.63. The van der Waals surface area contributed by atoms with Crippen molar-refractivity contribution in [3.8, 4) is 5.75 Å². The third-order valence-corrected chi connectivity index (χ3v) is 5.65. The summed E-state index contributed by atoms with van der Waals surface area (Å²) in [7, 11) is 3.54. The molecule has 0 saturated carbocycles. The molecule has 0 unspecified atom stereocenters. The van der Waals surface area contributed by atoms with Crippen molar-refractivity contribution in [1.29, 1.82) is 0 Å². The maximum absolute atomic E-state index is 13.3.